The summed E-state index contributed by atoms with van der Waals surface area (Å²) in [6.45, 7) is 2.59. The van der Waals surface area contributed by atoms with E-state index in [2.05, 4.69) is 65.6 Å². The fourth-order valence-electron chi connectivity index (χ4n) is 7.55. The molecule has 0 N–H and O–H groups in total. The molecular weight excluding hydrogens is 586 g/mol. The summed E-state index contributed by atoms with van der Waals surface area (Å²) in [6.07, 6.45) is 13.8. The Labute approximate surface area is 281 Å². The number of fused-ring (bicyclic) bond motifs is 1. The van der Waals surface area contributed by atoms with Crippen molar-refractivity contribution in [3.05, 3.63) is 101 Å². The fraction of sp³-hybridized carbons (Fsp3) is 0.512. The molecule has 6 heteroatoms. The lowest BCUT2D eigenvalue weighted by Crippen LogP contribution is -2.34. The van der Waals surface area contributed by atoms with Gasteiger partial charge in [-0.1, -0.05) is 67.4 Å². The van der Waals surface area contributed by atoms with Crippen LogP contribution in [0.4, 0.5) is 0 Å². The van der Waals surface area contributed by atoms with Gasteiger partial charge in [0, 0.05) is 19.0 Å². The largest absolute Gasteiger partial charge is 0.493 e. The predicted molar refractivity (Wildman–Crippen MR) is 187 cm³/mol. The van der Waals surface area contributed by atoms with Gasteiger partial charge < -0.3 is 14.2 Å². The van der Waals surface area contributed by atoms with Gasteiger partial charge in [-0.05, 0) is 123 Å². The summed E-state index contributed by atoms with van der Waals surface area (Å²) in [5.74, 6) is 2.02. The zero-order chi connectivity index (χ0) is 32.8. The monoisotopic (exact) mass is 639 g/mol. The van der Waals surface area contributed by atoms with Gasteiger partial charge in [-0.3, -0.25) is 9.69 Å². The summed E-state index contributed by atoms with van der Waals surface area (Å²) in [6, 6.07) is 25.7. The normalized spacial score (nSPS) is 19.2. The number of carbonyl (C=O) groups excluding carboxylic acids is 2. The van der Waals surface area contributed by atoms with Crippen LogP contribution in [0.1, 0.15) is 103 Å². The van der Waals surface area contributed by atoms with Gasteiger partial charge in [0.2, 0.25) is 0 Å². The Bertz CT molecular complexity index is 1410. The van der Waals surface area contributed by atoms with Gasteiger partial charge >= 0.3 is 11.9 Å². The minimum atomic E-state index is -0.290. The summed E-state index contributed by atoms with van der Waals surface area (Å²) in [4.78, 5) is 26.6. The number of benzene rings is 3. The Morgan fingerprint density at radius 2 is 1.55 bits per heavy atom. The molecule has 0 aliphatic heterocycles. The third kappa shape index (κ3) is 10.2. The van der Waals surface area contributed by atoms with Crippen molar-refractivity contribution in [3.63, 3.8) is 0 Å². The molecule has 2 aliphatic carbocycles. The molecule has 0 amide bonds. The summed E-state index contributed by atoms with van der Waals surface area (Å²) < 4.78 is 16.4. The van der Waals surface area contributed by atoms with Crippen LogP contribution in [-0.2, 0) is 33.5 Å². The first kappa shape index (κ1) is 34.7. The van der Waals surface area contributed by atoms with E-state index < -0.39 is 0 Å². The second kappa shape index (κ2) is 18.1. The second-order valence-corrected chi connectivity index (χ2v) is 13.5. The molecule has 252 valence electrons. The molecule has 6 nitrogen and oxygen atoms in total. The number of para-hydroxylation sites is 1. The van der Waals surface area contributed by atoms with Gasteiger partial charge in [0.15, 0.2) is 0 Å². The first-order valence-corrected chi connectivity index (χ1v) is 17.8. The van der Waals surface area contributed by atoms with E-state index in [1.807, 2.05) is 12.1 Å². The van der Waals surface area contributed by atoms with Gasteiger partial charge in [0.25, 0.3) is 0 Å². The van der Waals surface area contributed by atoms with Crippen molar-refractivity contribution < 1.29 is 23.8 Å². The molecule has 0 bridgehead atoms. The topological polar surface area (TPSA) is 65.1 Å². The molecule has 1 unspecified atom stereocenters. The fourth-order valence-corrected chi connectivity index (χ4v) is 7.55. The lowest BCUT2D eigenvalue weighted by Gasteiger charge is -2.36. The van der Waals surface area contributed by atoms with Crippen molar-refractivity contribution in [2.24, 2.45) is 11.8 Å². The molecule has 47 heavy (non-hydrogen) atoms. The van der Waals surface area contributed by atoms with Gasteiger partial charge in [0.05, 0.1) is 26.4 Å². The highest BCUT2D eigenvalue weighted by atomic mass is 16.5. The molecule has 5 rings (SSSR count). The van der Waals surface area contributed by atoms with E-state index in [1.165, 1.54) is 75.0 Å². The van der Waals surface area contributed by atoms with Gasteiger partial charge in [0.1, 0.15) is 5.75 Å². The Balaban J connectivity index is 1.18. The zero-order valence-electron chi connectivity index (χ0n) is 28.5. The van der Waals surface area contributed by atoms with Crippen LogP contribution in [0.5, 0.6) is 5.75 Å². The zero-order valence-corrected chi connectivity index (χ0v) is 28.5. The maximum atomic E-state index is 12.2. The van der Waals surface area contributed by atoms with Crippen LogP contribution in [0.3, 0.4) is 0 Å². The van der Waals surface area contributed by atoms with E-state index in [4.69, 9.17) is 14.2 Å². The van der Waals surface area contributed by atoms with E-state index in [0.29, 0.717) is 17.9 Å². The molecule has 0 spiro atoms. The van der Waals surface area contributed by atoms with Crippen LogP contribution in [0.2, 0.25) is 0 Å². The molecule has 1 fully saturated rings. The van der Waals surface area contributed by atoms with Crippen molar-refractivity contribution in [2.75, 3.05) is 33.9 Å². The molecule has 3 aromatic carbocycles. The summed E-state index contributed by atoms with van der Waals surface area (Å²) in [5.41, 5.74) is 5.86. The maximum Gasteiger partial charge on any atom is 0.337 e. The molecule has 2 aliphatic rings. The van der Waals surface area contributed by atoms with Crippen LogP contribution in [0, 0.1) is 11.8 Å². The quantitative estimate of drug-likeness (QED) is 0.116. The Morgan fingerprint density at radius 1 is 0.787 bits per heavy atom. The van der Waals surface area contributed by atoms with Crippen molar-refractivity contribution >= 4 is 11.9 Å². The molecule has 1 saturated carbocycles. The number of rotatable bonds is 16. The standard InChI is InChI=1S/C41H53NO5/c1-45-40(43)17-8-9-27-42(38-15-10-14-35-29-36(41(44)46-2)24-25-37(35)38)28-26-34-13-6-7-16-39(34)47-30-33-22-20-32(21-23-33)19-18-31-11-4-3-5-12-31/h3-7,11-13,16,24-25,29,32-33,38H,8-10,14-15,17-23,26-28,30H2,1-2H3. The third-order valence-electron chi connectivity index (χ3n) is 10.4. The van der Waals surface area contributed by atoms with E-state index >= 15 is 0 Å². The number of methoxy groups -OCH3 is 2. The molecular formula is C41H53NO5. The van der Waals surface area contributed by atoms with E-state index in [0.717, 1.165) is 69.9 Å². The van der Waals surface area contributed by atoms with Crippen LogP contribution >= 0.6 is 0 Å². The number of unbranched alkanes of at least 4 members (excludes halogenated alkanes) is 1. The van der Waals surface area contributed by atoms with Crippen molar-refractivity contribution in [1.82, 2.24) is 4.90 Å². The number of hydrogen-bond acceptors (Lipinski definition) is 6. The predicted octanol–water partition coefficient (Wildman–Crippen LogP) is 8.56. The lowest BCUT2D eigenvalue weighted by atomic mass is 9.80. The van der Waals surface area contributed by atoms with E-state index in [9.17, 15) is 9.59 Å². The van der Waals surface area contributed by atoms with Gasteiger partial charge in [-0.25, -0.2) is 4.79 Å². The van der Waals surface area contributed by atoms with Gasteiger partial charge in [-0.15, -0.1) is 0 Å². The van der Waals surface area contributed by atoms with Crippen molar-refractivity contribution in [3.8, 4) is 5.75 Å². The van der Waals surface area contributed by atoms with Crippen molar-refractivity contribution in [1.29, 1.82) is 0 Å². The highest BCUT2D eigenvalue weighted by Crippen LogP contribution is 2.36. The number of aryl methyl sites for hydroxylation is 2. The number of carbonyl (C=O) groups is 2. The Morgan fingerprint density at radius 3 is 2.34 bits per heavy atom. The molecule has 0 heterocycles. The lowest BCUT2D eigenvalue weighted by molar-refractivity contribution is -0.140. The van der Waals surface area contributed by atoms with Crippen LogP contribution < -0.4 is 4.74 Å². The summed E-state index contributed by atoms with van der Waals surface area (Å²) >= 11 is 0. The maximum absolute atomic E-state index is 12.2. The third-order valence-corrected chi connectivity index (χ3v) is 10.4. The van der Waals surface area contributed by atoms with E-state index in [-0.39, 0.29) is 18.0 Å². The molecule has 3 aromatic rings. The number of ether oxygens (including phenoxy) is 3. The SMILES string of the molecule is COC(=O)CCCCN(CCc1ccccc1OCC1CCC(CCc2ccccc2)CC1)C1CCCc2cc(C(=O)OC)ccc21. The van der Waals surface area contributed by atoms with Gasteiger partial charge in [-0.2, -0.15) is 0 Å². The Hall–Kier alpha value is -3.64. The van der Waals surface area contributed by atoms with Crippen molar-refractivity contribution in [2.45, 2.75) is 89.5 Å². The number of hydrogen-bond donors (Lipinski definition) is 0. The smallest absolute Gasteiger partial charge is 0.337 e. The number of nitrogens with zero attached hydrogens (tertiary/aromatic N) is 1. The number of esters is 2. The van der Waals surface area contributed by atoms with Crippen LogP contribution in [0.25, 0.3) is 0 Å². The second-order valence-electron chi connectivity index (χ2n) is 13.5. The first-order valence-electron chi connectivity index (χ1n) is 17.8. The molecule has 1 atom stereocenters. The summed E-state index contributed by atoms with van der Waals surface area (Å²) in [5, 5.41) is 0. The van der Waals surface area contributed by atoms with E-state index in [1.54, 1.807) is 0 Å². The summed E-state index contributed by atoms with van der Waals surface area (Å²) in [7, 11) is 2.88. The minimum Gasteiger partial charge on any atom is -0.493 e. The first-order chi connectivity index (χ1) is 23.0. The average molecular weight is 640 g/mol. The average Bonchev–Trinajstić information content (AvgIpc) is 3.13. The molecule has 0 aromatic heterocycles. The molecule has 0 saturated heterocycles. The Kier molecular flexibility index (Phi) is 13.3. The van der Waals surface area contributed by atoms with Crippen LogP contribution in [0.15, 0.2) is 72.8 Å². The van der Waals surface area contributed by atoms with Crippen LogP contribution in [-0.4, -0.2) is 50.8 Å². The molecule has 0 radical (unpaired) electrons. The minimum absolute atomic E-state index is 0.151. The highest BCUT2D eigenvalue weighted by molar-refractivity contribution is 5.89. The highest BCUT2D eigenvalue weighted by Gasteiger charge is 2.27.